The maximum absolute atomic E-state index is 13.9. The molecule has 0 bridgehead atoms. The standard InChI is InChI=1S/C28H30Cl3N3O4S/c1-5-32-28(36)20(4)33(16-21-9-11-22(29)14-25(21)31)27(35)17-34(26-15-23(30)10-8-19(26)3)39(37,38)24-12-6-18(2)7-13-24/h6-15,20H,5,16-17H2,1-4H3,(H,32,36)/t20-/m1/s1. The van der Waals surface area contributed by atoms with Gasteiger partial charge in [0.15, 0.2) is 0 Å². The van der Waals surface area contributed by atoms with Crippen molar-refractivity contribution in [3.05, 3.63) is 92.4 Å². The van der Waals surface area contributed by atoms with Gasteiger partial charge in [0, 0.05) is 28.2 Å². The van der Waals surface area contributed by atoms with E-state index in [2.05, 4.69) is 5.32 Å². The van der Waals surface area contributed by atoms with E-state index in [1.54, 1.807) is 63.2 Å². The van der Waals surface area contributed by atoms with E-state index in [1.807, 2.05) is 6.92 Å². The summed E-state index contributed by atoms with van der Waals surface area (Å²) >= 11 is 18.7. The SMILES string of the molecule is CCNC(=O)[C@@H](C)N(Cc1ccc(Cl)cc1Cl)C(=O)CN(c1cc(Cl)ccc1C)S(=O)(=O)c1ccc(C)cc1. The fourth-order valence-corrected chi connectivity index (χ4v) is 6.05. The Morgan fingerprint density at radius 1 is 0.923 bits per heavy atom. The Morgan fingerprint density at radius 2 is 1.54 bits per heavy atom. The monoisotopic (exact) mass is 609 g/mol. The van der Waals surface area contributed by atoms with Crippen molar-refractivity contribution in [2.24, 2.45) is 0 Å². The van der Waals surface area contributed by atoms with E-state index in [0.29, 0.717) is 32.7 Å². The third kappa shape index (κ3) is 7.45. The van der Waals surface area contributed by atoms with Crippen molar-refractivity contribution in [2.45, 2.75) is 45.2 Å². The predicted octanol–water partition coefficient (Wildman–Crippen LogP) is 6.01. The minimum absolute atomic E-state index is 0.0179. The second-order valence-electron chi connectivity index (χ2n) is 9.08. The maximum atomic E-state index is 13.9. The molecule has 0 heterocycles. The molecule has 7 nitrogen and oxygen atoms in total. The third-order valence-electron chi connectivity index (χ3n) is 6.20. The number of amides is 2. The Kier molecular flexibility index (Phi) is 10.3. The second-order valence-corrected chi connectivity index (χ2v) is 12.2. The van der Waals surface area contributed by atoms with Crippen LogP contribution in [0.15, 0.2) is 65.6 Å². The number of carbonyl (C=O) groups excluding carboxylic acids is 2. The molecule has 0 aromatic heterocycles. The fourth-order valence-electron chi connectivity index (χ4n) is 3.94. The summed E-state index contributed by atoms with van der Waals surface area (Å²) in [7, 11) is -4.20. The fraction of sp³-hybridized carbons (Fsp3) is 0.286. The van der Waals surface area contributed by atoms with E-state index < -0.39 is 28.5 Å². The van der Waals surface area contributed by atoms with Gasteiger partial charge in [-0.15, -0.1) is 0 Å². The molecular weight excluding hydrogens is 581 g/mol. The first-order valence-electron chi connectivity index (χ1n) is 12.2. The molecule has 3 rings (SSSR count). The third-order valence-corrected chi connectivity index (χ3v) is 8.80. The quantitative estimate of drug-likeness (QED) is 0.305. The minimum Gasteiger partial charge on any atom is -0.355 e. The molecule has 3 aromatic rings. The number of halogens is 3. The summed E-state index contributed by atoms with van der Waals surface area (Å²) in [5, 5.41) is 3.77. The second kappa shape index (κ2) is 13.0. The number of anilines is 1. The highest BCUT2D eigenvalue weighted by atomic mass is 35.5. The number of hydrogen-bond donors (Lipinski definition) is 1. The molecule has 0 aliphatic heterocycles. The Labute approximate surface area is 244 Å². The molecule has 11 heteroatoms. The van der Waals surface area contributed by atoms with Gasteiger partial charge in [0.25, 0.3) is 10.0 Å². The number of hydrogen-bond acceptors (Lipinski definition) is 4. The topological polar surface area (TPSA) is 86.8 Å². The van der Waals surface area contributed by atoms with Crippen molar-refractivity contribution >= 4 is 62.3 Å². The first-order chi connectivity index (χ1) is 18.3. The molecule has 0 fully saturated rings. The largest absolute Gasteiger partial charge is 0.355 e. The van der Waals surface area contributed by atoms with Gasteiger partial charge in [-0.25, -0.2) is 8.42 Å². The summed E-state index contributed by atoms with van der Waals surface area (Å²) in [4.78, 5) is 28.1. The molecule has 0 aliphatic rings. The molecule has 2 amide bonds. The molecule has 0 spiro atoms. The van der Waals surface area contributed by atoms with Crippen LogP contribution in [0.3, 0.4) is 0 Å². The molecule has 3 aromatic carbocycles. The van der Waals surface area contributed by atoms with Crippen LogP contribution in [0.5, 0.6) is 0 Å². The minimum atomic E-state index is -4.20. The number of aryl methyl sites for hydroxylation is 2. The molecule has 0 saturated carbocycles. The van der Waals surface area contributed by atoms with E-state index in [9.17, 15) is 18.0 Å². The lowest BCUT2D eigenvalue weighted by molar-refractivity contribution is -0.139. The van der Waals surface area contributed by atoms with Crippen LogP contribution < -0.4 is 9.62 Å². The van der Waals surface area contributed by atoms with Gasteiger partial charge < -0.3 is 10.2 Å². The number of nitrogens with zero attached hydrogens (tertiary/aromatic N) is 2. The lowest BCUT2D eigenvalue weighted by Crippen LogP contribution is -2.51. The van der Waals surface area contributed by atoms with Crippen molar-refractivity contribution in [3.8, 4) is 0 Å². The zero-order valence-electron chi connectivity index (χ0n) is 22.0. The van der Waals surface area contributed by atoms with Crippen LogP contribution in [0.2, 0.25) is 15.1 Å². The summed E-state index contributed by atoms with van der Waals surface area (Å²) in [6, 6.07) is 15.1. The molecule has 0 aliphatic carbocycles. The Hall–Kier alpha value is -2.78. The van der Waals surface area contributed by atoms with Gasteiger partial charge >= 0.3 is 0 Å². The van der Waals surface area contributed by atoms with Crippen molar-refractivity contribution < 1.29 is 18.0 Å². The molecule has 208 valence electrons. The lowest BCUT2D eigenvalue weighted by atomic mass is 10.1. The molecule has 1 atom stereocenters. The number of sulfonamides is 1. The highest BCUT2D eigenvalue weighted by Gasteiger charge is 2.33. The van der Waals surface area contributed by atoms with Gasteiger partial charge in [0.1, 0.15) is 12.6 Å². The number of nitrogens with one attached hydrogen (secondary N) is 1. The zero-order chi connectivity index (χ0) is 28.9. The van der Waals surface area contributed by atoms with Crippen molar-refractivity contribution in [2.75, 3.05) is 17.4 Å². The van der Waals surface area contributed by atoms with Gasteiger partial charge in [-0.05, 0) is 75.2 Å². The Bertz CT molecular complexity index is 1460. The van der Waals surface area contributed by atoms with Crippen molar-refractivity contribution in [1.82, 2.24) is 10.2 Å². The lowest BCUT2D eigenvalue weighted by Gasteiger charge is -2.32. The summed E-state index contributed by atoms with van der Waals surface area (Å²) in [6.07, 6.45) is 0. The maximum Gasteiger partial charge on any atom is 0.264 e. The van der Waals surface area contributed by atoms with E-state index in [-0.39, 0.29) is 23.0 Å². The van der Waals surface area contributed by atoms with E-state index in [4.69, 9.17) is 34.8 Å². The van der Waals surface area contributed by atoms with Gasteiger partial charge in [-0.2, -0.15) is 0 Å². The highest BCUT2D eigenvalue weighted by Crippen LogP contribution is 2.30. The van der Waals surface area contributed by atoms with Gasteiger partial charge in [0.05, 0.1) is 10.6 Å². The summed E-state index contributed by atoms with van der Waals surface area (Å²) in [5.74, 6) is -0.988. The number of likely N-dealkylation sites (N-methyl/N-ethyl adjacent to an activating group) is 1. The van der Waals surface area contributed by atoms with Crippen LogP contribution in [0, 0.1) is 13.8 Å². The Balaban J connectivity index is 2.09. The van der Waals surface area contributed by atoms with Crippen molar-refractivity contribution in [1.29, 1.82) is 0 Å². The van der Waals surface area contributed by atoms with Gasteiger partial charge in [-0.1, -0.05) is 64.6 Å². The van der Waals surface area contributed by atoms with Crippen LogP contribution in [0.4, 0.5) is 5.69 Å². The van der Waals surface area contributed by atoms with Crippen LogP contribution in [-0.4, -0.2) is 44.3 Å². The smallest absolute Gasteiger partial charge is 0.264 e. The first kappa shape index (κ1) is 30.8. The molecule has 0 radical (unpaired) electrons. The molecule has 1 N–H and O–H groups in total. The van der Waals surface area contributed by atoms with E-state index in [0.717, 1.165) is 9.87 Å². The predicted molar refractivity (Wildman–Crippen MR) is 157 cm³/mol. The summed E-state index contributed by atoms with van der Waals surface area (Å²) in [6.45, 7) is 6.67. The highest BCUT2D eigenvalue weighted by molar-refractivity contribution is 7.92. The number of rotatable bonds is 10. The van der Waals surface area contributed by atoms with Gasteiger partial charge in [-0.3, -0.25) is 13.9 Å². The zero-order valence-corrected chi connectivity index (χ0v) is 25.1. The molecule has 0 unspecified atom stereocenters. The summed E-state index contributed by atoms with van der Waals surface area (Å²) < 4.78 is 28.9. The van der Waals surface area contributed by atoms with Crippen molar-refractivity contribution in [3.63, 3.8) is 0 Å². The molecule has 0 saturated heterocycles. The van der Waals surface area contributed by atoms with E-state index >= 15 is 0 Å². The van der Waals surface area contributed by atoms with E-state index in [1.165, 1.54) is 23.1 Å². The molecular formula is C28H30Cl3N3O4S. The van der Waals surface area contributed by atoms with Crippen LogP contribution in [-0.2, 0) is 26.2 Å². The normalized spacial score (nSPS) is 12.1. The molecule has 39 heavy (non-hydrogen) atoms. The number of carbonyl (C=O) groups is 2. The average molecular weight is 611 g/mol. The van der Waals surface area contributed by atoms with Crippen LogP contribution >= 0.6 is 34.8 Å². The van der Waals surface area contributed by atoms with Gasteiger partial charge in [0.2, 0.25) is 11.8 Å². The Morgan fingerprint density at radius 3 is 2.15 bits per heavy atom. The first-order valence-corrected chi connectivity index (χ1v) is 14.8. The van der Waals surface area contributed by atoms with Crippen LogP contribution in [0.1, 0.15) is 30.5 Å². The van der Waals surface area contributed by atoms with Crippen LogP contribution in [0.25, 0.3) is 0 Å². The average Bonchev–Trinajstić information content (AvgIpc) is 2.88. The summed E-state index contributed by atoms with van der Waals surface area (Å²) in [5.41, 5.74) is 2.30. The number of benzene rings is 3.